The van der Waals surface area contributed by atoms with E-state index in [1.165, 1.54) is 12.1 Å². The Hall–Kier alpha value is -4.73. The van der Waals surface area contributed by atoms with Crippen molar-refractivity contribution in [1.82, 2.24) is 30.2 Å². The first kappa shape index (κ1) is 34.7. The lowest BCUT2D eigenvalue weighted by Gasteiger charge is -2.40. The summed E-state index contributed by atoms with van der Waals surface area (Å²) in [6, 6.07) is 13.7. The van der Waals surface area contributed by atoms with Crippen molar-refractivity contribution in [2.24, 2.45) is 12.0 Å². The Morgan fingerprint density at radius 2 is 1.88 bits per heavy atom. The first-order chi connectivity index (χ1) is 24.6. The van der Waals surface area contributed by atoms with Gasteiger partial charge in [-0.1, -0.05) is 12.1 Å². The van der Waals surface area contributed by atoms with Crippen molar-refractivity contribution in [3.05, 3.63) is 94.9 Å². The molecule has 0 spiro atoms. The van der Waals surface area contributed by atoms with E-state index in [0.29, 0.717) is 60.4 Å². The molecule has 1 aliphatic carbocycles. The molecule has 13 nitrogen and oxygen atoms in total. The lowest BCUT2D eigenvalue weighted by molar-refractivity contribution is -0.0405. The molecule has 2 atom stereocenters. The minimum atomic E-state index is -3.63. The molecule has 15 heteroatoms. The zero-order valence-corrected chi connectivity index (χ0v) is 30.2. The van der Waals surface area contributed by atoms with Gasteiger partial charge >= 0.3 is 0 Å². The number of hydrogen-bond acceptors (Lipinski definition) is 11. The van der Waals surface area contributed by atoms with E-state index in [4.69, 9.17) is 24.3 Å². The molecule has 1 saturated heterocycles. The van der Waals surface area contributed by atoms with Crippen LogP contribution in [0.25, 0.3) is 5.70 Å². The number of amidine groups is 1. The van der Waals surface area contributed by atoms with Crippen LogP contribution >= 0.6 is 0 Å². The fourth-order valence-corrected chi connectivity index (χ4v) is 8.29. The van der Waals surface area contributed by atoms with Crippen molar-refractivity contribution in [3.8, 4) is 5.75 Å². The van der Waals surface area contributed by atoms with Gasteiger partial charge in [-0.3, -0.25) is 10.00 Å². The van der Waals surface area contributed by atoms with Crippen molar-refractivity contribution in [3.63, 3.8) is 0 Å². The van der Waals surface area contributed by atoms with Gasteiger partial charge in [-0.2, -0.15) is 10.2 Å². The molecule has 2 N–H and O–H groups in total. The predicted octanol–water partition coefficient (Wildman–Crippen LogP) is 4.76. The van der Waals surface area contributed by atoms with Gasteiger partial charge in [-0.15, -0.1) is 0 Å². The van der Waals surface area contributed by atoms with Crippen LogP contribution in [0.3, 0.4) is 0 Å². The zero-order chi connectivity index (χ0) is 35.9. The molecule has 4 heterocycles. The maximum Gasteiger partial charge on any atom is 0.216 e. The average Bonchev–Trinajstić information content (AvgIpc) is 3.82. The van der Waals surface area contributed by atoms with Crippen molar-refractivity contribution < 1.29 is 27.0 Å². The minimum Gasteiger partial charge on any atom is -0.497 e. The van der Waals surface area contributed by atoms with Crippen LogP contribution < -0.4 is 20.3 Å². The summed E-state index contributed by atoms with van der Waals surface area (Å²) in [6.45, 7) is 2.96. The summed E-state index contributed by atoms with van der Waals surface area (Å²) in [7, 11) is 3.00. The van der Waals surface area contributed by atoms with Crippen LogP contribution in [0.5, 0.6) is 5.75 Å². The highest BCUT2D eigenvalue weighted by atomic mass is 32.2. The van der Waals surface area contributed by atoms with Gasteiger partial charge < -0.3 is 24.4 Å². The summed E-state index contributed by atoms with van der Waals surface area (Å²) in [4.78, 5) is 7.09. The van der Waals surface area contributed by atoms with Crippen LogP contribution in [0.2, 0.25) is 0 Å². The highest BCUT2D eigenvalue weighted by Crippen LogP contribution is 2.38. The van der Waals surface area contributed by atoms with Gasteiger partial charge in [0.05, 0.1) is 48.4 Å². The summed E-state index contributed by atoms with van der Waals surface area (Å²) in [5.74, 6) is -0.330. The molecule has 270 valence electrons. The molecular formula is C36H43FN8O5S. The van der Waals surface area contributed by atoms with Gasteiger partial charge in [0.25, 0.3) is 0 Å². The maximum absolute atomic E-state index is 16.4. The lowest BCUT2D eigenvalue weighted by atomic mass is 10.0. The van der Waals surface area contributed by atoms with E-state index in [1.807, 2.05) is 53.0 Å². The third kappa shape index (κ3) is 6.61. The molecule has 2 aromatic heterocycles. The van der Waals surface area contributed by atoms with Gasteiger partial charge in [0.1, 0.15) is 11.6 Å². The average molecular weight is 719 g/mol. The van der Waals surface area contributed by atoms with Crippen molar-refractivity contribution in [1.29, 1.82) is 0 Å². The summed E-state index contributed by atoms with van der Waals surface area (Å²) in [5.41, 5.74) is 3.07. The van der Waals surface area contributed by atoms with Gasteiger partial charge in [-0.25, -0.2) is 22.5 Å². The summed E-state index contributed by atoms with van der Waals surface area (Å²) < 4.78 is 63.8. The van der Waals surface area contributed by atoms with E-state index in [2.05, 4.69) is 15.7 Å². The van der Waals surface area contributed by atoms with Crippen LogP contribution in [-0.4, -0.2) is 66.9 Å². The highest BCUT2D eigenvalue weighted by molar-refractivity contribution is 7.92. The molecule has 7 rings (SSSR count). The number of aliphatic imine (C=N–C) groups is 1. The number of ether oxygens (including phenoxy) is 3. The first-order valence-electron chi connectivity index (χ1n) is 17.0. The second kappa shape index (κ2) is 13.8. The van der Waals surface area contributed by atoms with E-state index in [-0.39, 0.29) is 16.7 Å². The number of sulfone groups is 1. The molecule has 0 bridgehead atoms. The number of aryl methyl sites for hydroxylation is 2. The summed E-state index contributed by atoms with van der Waals surface area (Å²) >= 11 is 0. The Bertz CT molecular complexity index is 2080. The third-order valence-electron chi connectivity index (χ3n) is 9.56. The Morgan fingerprint density at radius 1 is 1.10 bits per heavy atom. The topological polar surface area (TPSA) is 137 Å². The largest absolute Gasteiger partial charge is 0.497 e. The number of anilines is 1. The summed E-state index contributed by atoms with van der Waals surface area (Å²) in [6.07, 6.45) is 7.33. The van der Waals surface area contributed by atoms with E-state index >= 15 is 4.39 Å². The van der Waals surface area contributed by atoms with Gasteiger partial charge in [0, 0.05) is 37.2 Å². The molecule has 2 fully saturated rings. The number of rotatable bonds is 11. The summed E-state index contributed by atoms with van der Waals surface area (Å²) in [5, 5.41) is 15.6. The van der Waals surface area contributed by atoms with Gasteiger partial charge in [0.15, 0.2) is 33.5 Å². The van der Waals surface area contributed by atoms with Crippen LogP contribution in [0.1, 0.15) is 60.7 Å². The van der Waals surface area contributed by atoms with Crippen LogP contribution in [0.4, 0.5) is 10.2 Å². The number of hydrogen-bond donors (Lipinski definition) is 2. The number of aromatic nitrogens is 4. The number of methoxy groups -OCH3 is 2. The van der Waals surface area contributed by atoms with E-state index in [9.17, 15) is 8.42 Å². The standard InChI is InChI=1S/C36H43FN8O5S/c1-23-18-31(42-45(23)32-8-6-7-17-50-32)44(21-24-9-11-26(48-4)12-10-24)35-34(49-5)33(25-20-39-43(3)22-25)40-36(38-2,41-35)29-16-15-28(19-30(29)37)51(46,47)27-13-14-27/h9-12,15-16,18-20,22,27,32,38,40H,6-8,13-14,17,21H2,1-5H3. The third-order valence-corrected chi connectivity index (χ3v) is 11.8. The molecule has 0 amide bonds. The number of nitrogens with zero attached hydrogens (tertiary/aromatic N) is 6. The molecule has 2 aliphatic heterocycles. The first-order valence-corrected chi connectivity index (χ1v) is 18.6. The zero-order valence-electron chi connectivity index (χ0n) is 29.4. The number of halogens is 1. The molecule has 0 radical (unpaired) electrons. The van der Waals surface area contributed by atoms with E-state index < -0.39 is 26.7 Å². The molecule has 1 saturated carbocycles. The van der Waals surface area contributed by atoms with Gasteiger partial charge in [0.2, 0.25) is 5.79 Å². The second-order valence-corrected chi connectivity index (χ2v) is 15.3. The van der Waals surface area contributed by atoms with E-state index in [1.54, 1.807) is 39.2 Å². The van der Waals surface area contributed by atoms with Crippen LogP contribution in [0, 0.1) is 12.7 Å². The fraction of sp³-hybridized carbons (Fsp3) is 0.417. The molecule has 3 aliphatic rings. The molecule has 2 unspecified atom stereocenters. The molecule has 2 aromatic carbocycles. The van der Waals surface area contributed by atoms with Crippen LogP contribution in [-0.2, 0) is 38.7 Å². The SMILES string of the molecule is CNC1(c2ccc(S(=O)(=O)C3CC3)cc2F)N=C(N(Cc2ccc(OC)cc2)c2cc(C)n(C3CCCCO3)n2)C(OC)=C(c2cnn(C)c2)N1. The van der Waals surface area contributed by atoms with Crippen LogP contribution in [0.15, 0.2) is 76.6 Å². The van der Waals surface area contributed by atoms with E-state index in [0.717, 1.165) is 36.6 Å². The number of nitrogens with one attached hydrogen (secondary N) is 2. The molecule has 4 aromatic rings. The van der Waals surface area contributed by atoms with Gasteiger partial charge in [-0.05, 0) is 82.0 Å². The maximum atomic E-state index is 16.4. The number of benzene rings is 2. The quantitative estimate of drug-likeness (QED) is 0.223. The molecular weight excluding hydrogens is 676 g/mol. The smallest absolute Gasteiger partial charge is 0.216 e. The Balaban J connectivity index is 1.42. The Kier molecular flexibility index (Phi) is 9.37. The van der Waals surface area contributed by atoms with Crippen molar-refractivity contribution in [2.45, 2.75) is 67.7 Å². The van der Waals surface area contributed by atoms with Crippen molar-refractivity contribution >= 4 is 27.2 Å². The predicted molar refractivity (Wildman–Crippen MR) is 190 cm³/mol. The highest BCUT2D eigenvalue weighted by Gasteiger charge is 2.43. The Morgan fingerprint density at radius 3 is 2.49 bits per heavy atom. The lowest BCUT2D eigenvalue weighted by Crippen LogP contribution is -2.55. The second-order valence-electron chi connectivity index (χ2n) is 13.1. The van der Waals surface area contributed by atoms with Crippen molar-refractivity contribution in [2.75, 3.05) is 32.8 Å². The monoisotopic (exact) mass is 718 g/mol. The fourth-order valence-electron chi connectivity index (χ4n) is 6.62. The molecule has 51 heavy (non-hydrogen) atoms. The Labute approximate surface area is 297 Å². The minimum absolute atomic E-state index is 0.0507. The normalized spacial score (nSPS) is 20.9.